The fraction of sp³-hybridized carbons (Fsp3) is 1.00. The standard InChI is InChI=1S/C12H26N2S/c1-4-12(5-2,11-15)10-14-8-6-13(3)7-9-14/h15H,4-11H2,1-3H3. The van der Waals surface area contributed by atoms with Gasteiger partial charge in [-0.1, -0.05) is 13.8 Å². The van der Waals surface area contributed by atoms with Crippen molar-refractivity contribution in [2.45, 2.75) is 26.7 Å². The molecule has 1 aliphatic rings. The highest BCUT2D eigenvalue weighted by Crippen LogP contribution is 2.29. The van der Waals surface area contributed by atoms with Gasteiger partial charge in [0.2, 0.25) is 0 Å². The molecule has 0 aromatic rings. The molecule has 1 saturated heterocycles. The molecule has 0 N–H and O–H groups in total. The Morgan fingerprint density at radius 1 is 1.07 bits per heavy atom. The lowest BCUT2D eigenvalue weighted by atomic mass is 9.83. The first-order valence-corrected chi connectivity index (χ1v) is 6.81. The molecule has 0 saturated carbocycles. The summed E-state index contributed by atoms with van der Waals surface area (Å²) in [6, 6.07) is 0. The maximum atomic E-state index is 4.54. The summed E-state index contributed by atoms with van der Waals surface area (Å²) in [4.78, 5) is 5.03. The Hall–Kier alpha value is 0.270. The highest BCUT2D eigenvalue weighted by molar-refractivity contribution is 7.80. The van der Waals surface area contributed by atoms with Gasteiger partial charge >= 0.3 is 0 Å². The molecular formula is C12H26N2S. The van der Waals surface area contributed by atoms with Crippen molar-refractivity contribution in [3.8, 4) is 0 Å². The molecule has 1 heterocycles. The molecule has 0 amide bonds. The van der Waals surface area contributed by atoms with E-state index in [1.807, 2.05) is 0 Å². The molecule has 90 valence electrons. The van der Waals surface area contributed by atoms with Crippen LogP contribution >= 0.6 is 12.6 Å². The van der Waals surface area contributed by atoms with E-state index in [2.05, 4.69) is 43.3 Å². The first-order chi connectivity index (χ1) is 7.15. The van der Waals surface area contributed by atoms with Gasteiger partial charge in [-0.05, 0) is 31.1 Å². The van der Waals surface area contributed by atoms with Crippen molar-refractivity contribution >= 4 is 12.6 Å². The van der Waals surface area contributed by atoms with Crippen LogP contribution < -0.4 is 0 Å². The number of piperazine rings is 1. The first kappa shape index (κ1) is 13.3. The smallest absolute Gasteiger partial charge is 0.0110 e. The van der Waals surface area contributed by atoms with E-state index < -0.39 is 0 Å². The van der Waals surface area contributed by atoms with Crippen LogP contribution in [0.15, 0.2) is 0 Å². The summed E-state index contributed by atoms with van der Waals surface area (Å²) in [5.41, 5.74) is 0.443. The van der Waals surface area contributed by atoms with Crippen LogP contribution in [0.4, 0.5) is 0 Å². The van der Waals surface area contributed by atoms with Crippen LogP contribution in [0.5, 0.6) is 0 Å². The van der Waals surface area contributed by atoms with Crippen molar-refractivity contribution in [3.05, 3.63) is 0 Å². The molecule has 0 radical (unpaired) electrons. The summed E-state index contributed by atoms with van der Waals surface area (Å²) in [5, 5.41) is 0. The van der Waals surface area contributed by atoms with E-state index in [1.54, 1.807) is 0 Å². The molecule has 0 aromatic heterocycles. The molecule has 2 nitrogen and oxygen atoms in total. The molecule has 15 heavy (non-hydrogen) atoms. The van der Waals surface area contributed by atoms with Gasteiger partial charge in [0.1, 0.15) is 0 Å². The van der Waals surface area contributed by atoms with Gasteiger partial charge in [0.25, 0.3) is 0 Å². The summed E-state index contributed by atoms with van der Waals surface area (Å²) < 4.78 is 0. The van der Waals surface area contributed by atoms with E-state index in [1.165, 1.54) is 45.6 Å². The second-order valence-electron chi connectivity index (χ2n) is 4.94. The van der Waals surface area contributed by atoms with Gasteiger partial charge < -0.3 is 9.80 Å². The van der Waals surface area contributed by atoms with Crippen molar-refractivity contribution in [2.24, 2.45) is 5.41 Å². The fourth-order valence-electron chi connectivity index (χ4n) is 2.23. The largest absolute Gasteiger partial charge is 0.304 e. The lowest BCUT2D eigenvalue weighted by Crippen LogP contribution is -2.48. The van der Waals surface area contributed by atoms with Crippen molar-refractivity contribution in [1.82, 2.24) is 9.80 Å². The first-order valence-electron chi connectivity index (χ1n) is 6.17. The van der Waals surface area contributed by atoms with E-state index in [0.717, 1.165) is 5.75 Å². The minimum absolute atomic E-state index is 0.443. The minimum Gasteiger partial charge on any atom is -0.304 e. The zero-order valence-electron chi connectivity index (χ0n) is 10.5. The predicted molar refractivity (Wildman–Crippen MR) is 70.8 cm³/mol. The van der Waals surface area contributed by atoms with Crippen LogP contribution in [0, 0.1) is 5.41 Å². The molecule has 3 heteroatoms. The van der Waals surface area contributed by atoms with Crippen molar-refractivity contribution in [1.29, 1.82) is 0 Å². The summed E-state index contributed by atoms with van der Waals surface area (Å²) in [6.07, 6.45) is 2.50. The number of hydrogen-bond donors (Lipinski definition) is 1. The Bertz CT molecular complexity index is 164. The summed E-state index contributed by atoms with van der Waals surface area (Å²) >= 11 is 4.54. The zero-order valence-corrected chi connectivity index (χ0v) is 11.4. The Kier molecular flexibility index (Phi) is 5.44. The molecule has 0 atom stereocenters. The Morgan fingerprint density at radius 2 is 1.60 bits per heavy atom. The average molecular weight is 230 g/mol. The third kappa shape index (κ3) is 3.65. The summed E-state index contributed by atoms with van der Waals surface area (Å²) in [5.74, 6) is 1.02. The molecule has 0 bridgehead atoms. The predicted octanol–water partition coefficient (Wildman–Crippen LogP) is 1.97. The van der Waals surface area contributed by atoms with Gasteiger partial charge in [-0.3, -0.25) is 0 Å². The van der Waals surface area contributed by atoms with Crippen molar-refractivity contribution < 1.29 is 0 Å². The molecule has 1 aliphatic heterocycles. The van der Waals surface area contributed by atoms with Gasteiger partial charge in [0.15, 0.2) is 0 Å². The number of thiol groups is 1. The topological polar surface area (TPSA) is 6.48 Å². The Balaban J connectivity index is 2.44. The number of rotatable bonds is 5. The average Bonchev–Trinajstić information content (AvgIpc) is 2.29. The van der Waals surface area contributed by atoms with Crippen molar-refractivity contribution in [2.75, 3.05) is 45.5 Å². The van der Waals surface area contributed by atoms with Gasteiger partial charge in [-0.25, -0.2) is 0 Å². The quantitative estimate of drug-likeness (QED) is 0.722. The van der Waals surface area contributed by atoms with Crippen LogP contribution in [0.25, 0.3) is 0 Å². The van der Waals surface area contributed by atoms with Crippen molar-refractivity contribution in [3.63, 3.8) is 0 Å². The van der Waals surface area contributed by atoms with Crippen LogP contribution in [0.1, 0.15) is 26.7 Å². The van der Waals surface area contributed by atoms with Crippen LogP contribution in [0.2, 0.25) is 0 Å². The summed E-state index contributed by atoms with van der Waals surface area (Å²) in [7, 11) is 2.21. The second kappa shape index (κ2) is 6.12. The van der Waals surface area contributed by atoms with E-state index in [0.29, 0.717) is 5.41 Å². The third-order valence-corrected chi connectivity index (χ3v) is 4.66. The maximum Gasteiger partial charge on any atom is 0.0110 e. The molecule has 0 spiro atoms. The van der Waals surface area contributed by atoms with E-state index in [4.69, 9.17) is 0 Å². The Labute approximate surface area is 100 Å². The van der Waals surface area contributed by atoms with Crippen LogP contribution in [-0.2, 0) is 0 Å². The molecule has 0 aromatic carbocycles. The second-order valence-corrected chi connectivity index (χ2v) is 5.26. The fourth-order valence-corrected chi connectivity index (χ4v) is 2.77. The molecule has 1 rings (SSSR count). The highest BCUT2D eigenvalue weighted by atomic mass is 32.1. The number of nitrogens with zero attached hydrogens (tertiary/aromatic N) is 2. The van der Waals surface area contributed by atoms with E-state index in [-0.39, 0.29) is 0 Å². The van der Waals surface area contributed by atoms with Gasteiger partial charge in [0.05, 0.1) is 0 Å². The normalized spacial score (nSPS) is 20.8. The maximum absolute atomic E-state index is 4.54. The van der Waals surface area contributed by atoms with Gasteiger partial charge in [-0.2, -0.15) is 12.6 Å². The number of hydrogen-bond acceptors (Lipinski definition) is 3. The minimum atomic E-state index is 0.443. The third-order valence-electron chi connectivity index (χ3n) is 3.99. The van der Waals surface area contributed by atoms with Crippen LogP contribution in [-0.4, -0.2) is 55.3 Å². The highest BCUT2D eigenvalue weighted by Gasteiger charge is 2.28. The molecular weight excluding hydrogens is 204 g/mol. The molecule has 1 fully saturated rings. The summed E-state index contributed by atoms with van der Waals surface area (Å²) in [6.45, 7) is 10.7. The van der Waals surface area contributed by atoms with Crippen LogP contribution in [0.3, 0.4) is 0 Å². The number of likely N-dealkylation sites (N-methyl/N-ethyl adjacent to an activating group) is 1. The Morgan fingerprint density at radius 3 is 2.00 bits per heavy atom. The molecule has 0 aliphatic carbocycles. The van der Waals surface area contributed by atoms with Gasteiger partial charge in [0, 0.05) is 32.7 Å². The zero-order chi connectivity index (χ0) is 11.3. The van der Waals surface area contributed by atoms with Gasteiger partial charge in [-0.15, -0.1) is 0 Å². The monoisotopic (exact) mass is 230 g/mol. The lowest BCUT2D eigenvalue weighted by molar-refractivity contribution is 0.101. The molecule has 0 unspecified atom stereocenters. The SMILES string of the molecule is CCC(CC)(CS)CN1CCN(C)CC1. The lowest BCUT2D eigenvalue weighted by Gasteiger charge is -2.40. The van der Waals surface area contributed by atoms with E-state index >= 15 is 0 Å². The van der Waals surface area contributed by atoms with E-state index in [9.17, 15) is 0 Å².